The third-order valence-corrected chi connectivity index (χ3v) is 4.03. The van der Waals surface area contributed by atoms with E-state index in [1.54, 1.807) is 4.52 Å². The normalized spacial score (nSPS) is 12.8. The highest BCUT2D eigenvalue weighted by Gasteiger charge is 2.11. The average molecular weight is 288 g/mol. The number of imidazole rings is 1. The highest BCUT2D eigenvalue weighted by Crippen LogP contribution is 2.25. The molecule has 2 N–H and O–H groups in total. The zero-order chi connectivity index (χ0) is 14.1. The minimum Gasteiger partial charge on any atom is -0.494 e. The fourth-order valence-electron chi connectivity index (χ4n) is 1.93. The monoisotopic (exact) mass is 288 g/mol. The van der Waals surface area contributed by atoms with Gasteiger partial charge in [-0.3, -0.25) is 0 Å². The summed E-state index contributed by atoms with van der Waals surface area (Å²) in [5.41, 5.74) is 7.78. The Morgan fingerprint density at radius 3 is 2.70 bits per heavy atom. The first-order valence-corrected chi connectivity index (χ1v) is 7.34. The third kappa shape index (κ3) is 2.39. The van der Waals surface area contributed by atoms with Crippen LogP contribution in [0.15, 0.2) is 30.5 Å². The van der Waals surface area contributed by atoms with E-state index in [4.69, 9.17) is 10.5 Å². The van der Waals surface area contributed by atoms with Crippen LogP contribution in [0.25, 0.3) is 16.2 Å². The first-order valence-electron chi connectivity index (χ1n) is 6.52. The summed E-state index contributed by atoms with van der Waals surface area (Å²) in [6, 6.07) is 7.85. The van der Waals surface area contributed by atoms with Crippen LogP contribution in [0.5, 0.6) is 5.75 Å². The van der Waals surface area contributed by atoms with Crippen LogP contribution in [-0.2, 0) is 0 Å². The standard InChI is InChI=1S/C14H16N4OS/c1-3-19-11-6-4-10(5-7-11)12-8-18-14(16-12)20-13(17-18)9(2)15/h4-9H,3,15H2,1-2H3. The molecule has 2 aromatic heterocycles. The van der Waals surface area contributed by atoms with E-state index < -0.39 is 0 Å². The Kier molecular flexibility index (Phi) is 3.42. The van der Waals surface area contributed by atoms with Gasteiger partial charge in [0.05, 0.1) is 24.5 Å². The first-order chi connectivity index (χ1) is 9.67. The molecule has 0 aliphatic heterocycles. The van der Waals surface area contributed by atoms with Crippen molar-refractivity contribution in [1.82, 2.24) is 14.6 Å². The molecule has 1 unspecified atom stereocenters. The Labute approximate surface area is 121 Å². The van der Waals surface area contributed by atoms with Crippen molar-refractivity contribution in [3.05, 3.63) is 35.5 Å². The van der Waals surface area contributed by atoms with Gasteiger partial charge in [-0.1, -0.05) is 11.3 Å². The maximum absolute atomic E-state index is 5.82. The van der Waals surface area contributed by atoms with E-state index in [1.807, 2.05) is 44.3 Å². The maximum Gasteiger partial charge on any atom is 0.212 e. The summed E-state index contributed by atoms with van der Waals surface area (Å²) in [6.45, 7) is 4.56. The predicted octanol–water partition coefficient (Wildman–Crippen LogP) is 2.88. The van der Waals surface area contributed by atoms with Gasteiger partial charge >= 0.3 is 0 Å². The van der Waals surface area contributed by atoms with Crippen LogP contribution >= 0.6 is 11.3 Å². The number of hydrogen-bond donors (Lipinski definition) is 1. The van der Waals surface area contributed by atoms with E-state index in [2.05, 4.69) is 10.1 Å². The van der Waals surface area contributed by atoms with Gasteiger partial charge in [0, 0.05) is 5.56 Å². The predicted molar refractivity (Wildman–Crippen MR) is 80.1 cm³/mol. The number of benzene rings is 1. The van der Waals surface area contributed by atoms with Crippen LogP contribution in [-0.4, -0.2) is 21.2 Å². The summed E-state index contributed by atoms with van der Waals surface area (Å²) in [6.07, 6.45) is 1.92. The molecule has 2 heterocycles. The van der Waals surface area contributed by atoms with Crippen LogP contribution < -0.4 is 10.5 Å². The molecule has 1 aromatic carbocycles. The molecule has 0 fully saturated rings. The van der Waals surface area contributed by atoms with Crippen LogP contribution in [0.2, 0.25) is 0 Å². The lowest BCUT2D eigenvalue weighted by Crippen LogP contribution is -2.04. The largest absolute Gasteiger partial charge is 0.494 e. The minimum atomic E-state index is -0.0596. The van der Waals surface area contributed by atoms with Crippen LogP contribution in [0.4, 0.5) is 0 Å². The molecule has 0 aliphatic carbocycles. The smallest absolute Gasteiger partial charge is 0.212 e. The number of nitrogens with zero attached hydrogens (tertiary/aromatic N) is 3. The van der Waals surface area contributed by atoms with E-state index in [9.17, 15) is 0 Å². The Morgan fingerprint density at radius 1 is 1.35 bits per heavy atom. The van der Waals surface area contributed by atoms with E-state index in [0.29, 0.717) is 6.61 Å². The molecular weight excluding hydrogens is 272 g/mol. The maximum atomic E-state index is 5.82. The fraction of sp³-hybridized carbons (Fsp3) is 0.286. The molecule has 104 valence electrons. The molecule has 0 bridgehead atoms. The fourth-order valence-corrected chi connectivity index (χ4v) is 2.76. The van der Waals surface area contributed by atoms with Crippen LogP contribution in [0.3, 0.4) is 0 Å². The second kappa shape index (κ2) is 5.22. The molecule has 0 amide bonds. The zero-order valence-electron chi connectivity index (χ0n) is 11.4. The van der Waals surface area contributed by atoms with Gasteiger partial charge in [-0.15, -0.1) is 0 Å². The molecular formula is C14H16N4OS. The SMILES string of the molecule is CCOc1ccc(-c2cn3nc(C(C)N)sc3n2)cc1. The number of aromatic nitrogens is 3. The Balaban J connectivity index is 1.91. The van der Waals surface area contributed by atoms with E-state index in [0.717, 1.165) is 27.0 Å². The summed E-state index contributed by atoms with van der Waals surface area (Å²) in [4.78, 5) is 5.45. The minimum absolute atomic E-state index is 0.0596. The number of ether oxygens (including phenoxy) is 1. The molecule has 5 nitrogen and oxygen atoms in total. The molecule has 0 aliphatic rings. The molecule has 0 radical (unpaired) electrons. The first kappa shape index (κ1) is 13.1. The summed E-state index contributed by atoms with van der Waals surface area (Å²) < 4.78 is 7.22. The van der Waals surface area contributed by atoms with Crippen molar-refractivity contribution in [3.63, 3.8) is 0 Å². The van der Waals surface area contributed by atoms with Crippen LogP contribution in [0.1, 0.15) is 24.9 Å². The molecule has 6 heteroatoms. The molecule has 0 saturated heterocycles. The summed E-state index contributed by atoms with van der Waals surface area (Å²) in [5, 5.41) is 5.32. The van der Waals surface area contributed by atoms with Crippen molar-refractivity contribution in [3.8, 4) is 17.0 Å². The topological polar surface area (TPSA) is 65.4 Å². The molecule has 1 atom stereocenters. The van der Waals surface area contributed by atoms with Gasteiger partial charge in [0.25, 0.3) is 0 Å². The lowest BCUT2D eigenvalue weighted by molar-refractivity contribution is 0.340. The zero-order valence-corrected chi connectivity index (χ0v) is 12.2. The number of hydrogen-bond acceptors (Lipinski definition) is 5. The van der Waals surface area contributed by atoms with Gasteiger partial charge in [0.15, 0.2) is 0 Å². The Morgan fingerprint density at radius 2 is 2.10 bits per heavy atom. The van der Waals surface area contributed by atoms with E-state index in [1.165, 1.54) is 11.3 Å². The van der Waals surface area contributed by atoms with Crippen molar-refractivity contribution in [1.29, 1.82) is 0 Å². The number of nitrogens with two attached hydrogens (primary N) is 1. The second-order valence-electron chi connectivity index (χ2n) is 4.54. The van der Waals surface area contributed by atoms with Crippen molar-refractivity contribution in [2.75, 3.05) is 6.61 Å². The molecule has 0 spiro atoms. The second-order valence-corrected chi connectivity index (χ2v) is 5.53. The quantitative estimate of drug-likeness (QED) is 0.801. The lowest BCUT2D eigenvalue weighted by Gasteiger charge is -2.02. The van der Waals surface area contributed by atoms with Gasteiger partial charge in [0.2, 0.25) is 4.96 Å². The highest BCUT2D eigenvalue weighted by atomic mass is 32.1. The van der Waals surface area contributed by atoms with Gasteiger partial charge in [-0.2, -0.15) is 5.10 Å². The van der Waals surface area contributed by atoms with Crippen molar-refractivity contribution < 1.29 is 4.74 Å². The Hall–Kier alpha value is -1.92. The molecule has 0 saturated carbocycles. The molecule has 3 aromatic rings. The Bertz CT molecular complexity index is 683. The molecule has 3 rings (SSSR count). The van der Waals surface area contributed by atoms with Crippen molar-refractivity contribution in [2.24, 2.45) is 5.73 Å². The number of fused-ring (bicyclic) bond motifs is 1. The van der Waals surface area contributed by atoms with Gasteiger partial charge in [0.1, 0.15) is 10.8 Å². The highest BCUT2D eigenvalue weighted by molar-refractivity contribution is 7.16. The van der Waals surface area contributed by atoms with Crippen molar-refractivity contribution in [2.45, 2.75) is 19.9 Å². The van der Waals surface area contributed by atoms with Gasteiger partial charge in [-0.25, -0.2) is 9.50 Å². The van der Waals surface area contributed by atoms with E-state index in [-0.39, 0.29) is 6.04 Å². The third-order valence-electron chi connectivity index (χ3n) is 2.91. The summed E-state index contributed by atoms with van der Waals surface area (Å²) >= 11 is 1.52. The molecule has 20 heavy (non-hydrogen) atoms. The summed E-state index contributed by atoms with van der Waals surface area (Å²) in [7, 11) is 0. The van der Waals surface area contributed by atoms with Gasteiger partial charge < -0.3 is 10.5 Å². The number of rotatable bonds is 4. The van der Waals surface area contributed by atoms with Crippen molar-refractivity contribution >= 4 is 16.3 Å². The van der Waals surface area contributed by atoms with E-state index >= 15 is 0 Å². The lowest BCUT2D eigenvalue weighted by atomic mass is 10.2. The van der Waals surface area contributed by atoms with Crippen LogP contribution in [0, 0.1) is 0 Å². The average Bonchev–Trinajstić information content (AvgIpc) is 2.98. The van der Waals surface area contributed by atoms with Gasteiger partial charge in [-0.05, 0) is 38.1 Å². The summed E-state index contributed by atoms with van der Waals surface area (Å²) in [5.74, 6) is 0.870.